The Balaban J connectivity index is 2.76. The lowest BCUT2D eigenvalue weighted by Crippen LogP contribution is -2.27. The van der Waals surface area contributed by atoms with Crippen molar-refractivity contribution in [2.75, 3.05) is 17.5 Å². The number of anilines is 1. The van der Waals surface area contributed by atoms with Crippen molar-refractivity contribution in [3.05, 3.63) is 29.8 Å². The number of rotatable bonds is 6. The highest BCUT2D eigenvalue weighted by atomic mass is 32.2. The van der Waals surface area contributed by atoms with Gasteiger partial charge in [-0.2, -0.15) is 0 Å². The van der Waals surface area contributed by atoms with E-state index in [0.717, 1.165) is 6.26 Å². The van der Waals surface area contributed by atoms with Gasteiger partial charge >= 0.3 is 0 Å². The highest BCUT2D eigenvalue weighted by molar-refractivity contribution is 7.92. The van der Waals surface area contributed by atoms with Gasteiger partial charge in [0.1, 0.15) is 0 Å². The van der Waals surface area contributed by atoms with Gasteiger partial charge in [-0.1, -0.05) is 25.8 Å². The van der Waals surface area contributed by atoms with Crippen LogP contribution < -0.4 is 10.0 Å². The van der Waals surface area contributed by atoms with Gasteiger partial charge < -0.3 is 10.4 Å². The Bertz CT molecular complexity index is 628. The fourth-order valence-corrected chi connectivity index (χ4v) is 1.90. The highest BCUT2D eigenvalue weighted by Crippen LogP contribution is 2.16. The molecule has 0 spiro atoms. The minimum Gasteiger partial charge on any atom is -0.387 e. The highest BCUT2D eigenvalue weighted by Gasteiger charge is 2.08. The van der Waals surface area contributed by atoms with Gasteiger partial charge in [0, 0.05) is 26.5 Å². The number of aliphatic hydroxyl groups is 1. The molecule has 0 aliphatic rings. The van der Waals surface area contributed by atoms with Gasteiger partial charge in [0.05, 0.1) is 12.4 Å². The fourth-order valence-electron chi connectivity index (χ4n) is 1.33. The van der Waals surface area contributed by atoms with Crippen LogP contribution in [-0.2, 0) is 10.0 Å². The molecule has 1 aromatic carbocycles. The average molecular weight is 278 g/mol. The molecular weight excluding hydrogens is 252 g/mol. The summed E-state index contributed by atoms with van der Waals surface area (Å²) >= 11 is 0. The van der Waals surface area contributed by atoms with Gasteiger partial charge in [0.2, 0.25) is 10.0 Å². The maximum absolute atomic E-state index is 11.1. The van der Waals surface area contributed by atoms with Crippen molar-refractivity contribution in [1.29, 1.82) is 0 Å². The third-order valence-electron chi connectivity index (χ3n) is 2.11. The van der Waals surface area contributed by atoms with Crippen LogP contribution in [0.2, 0.25) is 0 Å². The Labute approximate surface area is 117 Å². The monoisotopic (exact) mass is 278 g/mol. The molecule has 0 heterocycles. The topological polar surface area (TPSA) is 78.4 Å². The maximum Gasteiger partial charge on any atom is 0.229 e. The van der Waals surface area contributed by atoms with Crippen molar-refractivity contribution in [2.45, 2.75) is 25.8 Å². The minimum atomic E-state index is -3.41. The Morgan fingerprint density at radius 2 is 1.94 bits per heavy atom. The maximum atomic E-state index is 11.1. The van der Waals surface area contributed by atoms with E-state index < -0.39 is 35.9 Å². The predicted molar refractivity (Wildman–Crippen MR) is 73.0 cm³/mol. The van der Waals surface area contributed by atoms with Gasteiger partial charge in [0.25, 0.3) is 0 Å². The first-order chi connectivity index (χ1) is 10.7. The summed E-state index contributed by atoms with van der Waals surface area (Å²) in [5, 5.41) is 12.4. The van der Waals surface area contributed by atoms with Crippen LogP contribution in [0.5, 0.6) is 0 Å². The first kappa shape index (κ1) is 8.14. The van der Waals surface area contributed by atoms with Crippen LogP contribution >= 0.6 is 0 Å². The lowest BCUT2D eigenvalue weighted by Gasteiger charge is -2.14. The van der Waals surface area contributed by atoms with E-state index in [1.165, 1.54) is 24.3 Å². The molecule has 3 N–H and O–H groups in total. The SMILES string of the molecule is [2H]C([2H])([2H])C(NCC(O)c1ccc(NS(C)(=O)=O)cc1)C([2H])([2H])[2H]. The number of nitrogens with one attached hydrogen (secondary N) is 2. The molecule has 0 fully saturated rings. The van der Waals surface area contributed by atoms with Gasteiger partial charge in [0.15, 0.2) is 0 Å². The Morgan fingerprint density at radius 1 is 1.33 bits per heavy atom. The summed E-state index contributed by atoms with van der Waals surface area (Å²) in [6.45, 7) is -5.76. The minimum absolute atomic E-state index is 0.277. The van der Waals surface area contributed by atoms with Crippen LogP contribution in [0, 0.1) is 0 Å². The average Bonchev–Trinajstić information content (AvgIpc) is 2.34. The molecule has 0 radical (unpaired) electrons. The number of benzene rings is 1. The molecule has 0 amide bonds. The number of aliphatic hydroxyl groups excluding tert-OH is 1. The smallest absolute Gasteiger partial charge is 0.229 e. The lowest BCUT2D eigenvalue weighted by atomic mass is 10.1. The molecule has 0 aliphatic heterocycles. The molecule has 1 rings (SSSR count). The van der Waals surface area contributed by atoms with Crippen molar-refractivity contribution >= 4 is 15.7 Å². The predicted octanol–water partition coefficient (Wildman–Crippen LogP) is 1.09. The summed E-state index contributed by atoms with van der Waals surface area (Å²) in [6.07, 6.45) is -0.145. The molecule has 102 valence electrons. The quantitative estimate of drug-likeness (QED) is 0.728. The van der Waals surface area contributed by atoms with E-state index in [-0.39, 0.29) is 6.54 Å². The molecule has 0 aliphatic carbocycles. The van der Waals surface area contributed by atoms with Crippen molar-refractivity contribution < 1.29 is 21.7 Å². The fraction of sp³-hybridized carbons (Fsp3) is 0.500. The number of hydrogen-bond donors (Lipinski definition) is 3. The molecular formula is C12H20N2O3S. The Morgan fingerprint density at radius 3 is 2.44 bits per heavy atom. The summed E-state index contributed by atoms with van der Waals surface area (Å²) in [5.41, 5.74) is 0.695. The number of sulfonamides is 1. The van der Waals surface area contributed by atoms with E-state index in [4.69, 9.17) is 8.22 Å². The van der Waals surface area contributed by atoms with Crippen LogP contribution in [0.15, 0.2) is 24.3 Å². The first-order valence-corrected chi connectivity index (χ1v) is 7.08. The van der Waals surface area contributed by atoms with E-state index >= 15 is 0 Å². The zero-order valence-electron chi connectivity index (χ0n) is 15.8. The van der Waals surface area contributed by atoms with Crippen LogP contribution in [-0.4, -0.2) is 32.4 Å². The van der Waals surface area contributed by atoms with Crippen LogP contribution in [0.1, 0.15) is 33.6 Å². The molecule has 0 saturated carbocycles. The standard InChI is InChI=1S/C12H20N2O3S/c1-9(2)13-8-12(15)10-4-6-11(7-5-10)14-18(3,16)17/h4-7,9,12-15H,8H2,1-3H3/i1D3,2D3. The zero-order valence-corrected chi connectivity index (χ0v) is 10.7. The Kier molecular flexibility index (Phi) is 2.79. The normalized spacial score (nSPS) is 19.9. The summed E-state index contributed by atoms with van der Waals surface area (Å²) in [5.74, 6) is 0. The van der Waals surface area contributed by atoms with Gasteiger partial charge in [-0.3, -0.25) is 4.72 Å². The van der Waals surface area contributed by atoms with Crippen molar-refractivity contribution in [3.8, 4) is 0 Å². The molecule has 0 aromatic heterocycles. The van der Waals surface area contributed by atoms with E-state index in [1.807, 2.05) is 0 Å². The largest absolute Gasteiger partial charge is 0.387 e. The van der Waals surface area contributed by atoms with Gasteiger partial charge in [-0.15, -0.1) is 0 Å². The summed E-state index contributed by atoms with van der Waals surface area (Å²) < 4.78 is 68.1. The van der Waals surface area contributed by atoms with Crippen LogP contribution in [0.3, 0.4) is 0 Å². The van der Waals surface area contributed by atoms with E-state index in [1.54, 1.807) is 0 Å². The second-order valence-electron chi connectivity index (χ2n) is 3.85. The molecule has 1 atom stereocenters. The lowest BCUT2D eigenvalue weighted by molar-refractivity contribution is 0.171. The third-order valence-corrected chi connectivity index (χ3v) is 2.72. The second kappa shape index (κ2) is 6.17. The number of hydrogen-bond acceptors (Lipinski definition) is 4. The first-order valence-electron chi connectivity index (χ1n) is 8.19. The molecule has 0 bridgehead atoms. The van der Waals surface area contributed by atoms with Gasteiger partial charge in [-0.25, -0.2) is 8.42 Å². The third kappa shape index (κ3) is 5.48. The molecule has 6 heteroatoms. The van der Waals surface area contributed by atoms with E-state index in [0.29, 0.717) is 11.3 Å². The second-order valence-corrected chi connectivity index (χ2v) is 5.60. The summed E-state index contributed by atoms with van der Waals surface area (Å²) in [4.78, 5) is 0. The van der Waals surface area contributed by atoms with Crippen LogP contribution in [0.25, 0.3) is 0 Å². The Hall–Kier alpha value is -1.11. The molecule has 1 unspecified atom stereocenters. The summed E-state index contributed by atoms with van der Waals surface area (Å²) in [7, 11) is -3.41. The van der Waals surface area contributed by atoms with Crippen molar-refractivity contribution in [2.24, 2.45) is 0 Å². The zero-order chi connectivity index (χ0) is 18.8. The summed E-state index contributed by atoms with van der Waals surface area (Å²) in [6, 6.07) is 4.03. The molecule has 1 aromatic rings. The van der Waals surface area contributed by atoms with E-state index in [9.17, 15) is 13.5 Å². The van der Waals surface area contributed by atoms with Crippen LogP contribution in [0.4, 0.5) is 5.69 Å². The van der Waals surface area contributed by atoms with Crippen molar-refractivity contribution in [1.82, 2.24) is 5.32 Å². The van der Waals surface area contributed by atoms with E-state index in [2.05, 4.69) is 10.0 Å². The molecule has 18 heavy (non-hydrogen) atoms. The molecule has 0 saturated heterocycles. The van der Waals surface area contributed by atoms with Gasteiger partial charge in [-0.05, 0) is 17.7 Å². The van der Waals surface area contributed by atoms with Crippen molar-refractivity contribution in [3.63, 3.8) is 0 Å². The molecule has 5 nitrogen and oxygen atoms in total.